The Labute approximate surface area is 98.7 Å². The van der Waals surface area contributed by atoms with E-state index in [1.165, 1.54) is 4.68 Å². The Balaban J connectivity index is 2.11. The van der Waals surface area contributed by atoms with Crippen molar-refractivity contribution in [2.24, 2.45) is 7.05 Å². The summed E-state index contributed by atoms with van der Waals surface area (Å²) in [5.41, 5.74) is 1.67. The number of anilines is 1. The second-order valence-electron chi connectivity index (χ2n) is 3.71. The summed E-state index contributed by atoms with van der Waals surface area (Å²) in [6, 6.07) is 9.78. The van der Waals surface area contributed by atoms with E-state index in [0.717, 1.165) is 5.56 Å². The fourth-order valence-electron chi connectivity index (χ4n) is 1.57. The highest BCUT2D eigenvalue weighted by Gasteiger charge is 2.14. The van der Waals surface area contributed by atoms with Gasteiger partial charge < -0.3 is 10.4 Å². The highest BCUT2D eigenvalue weighted by Crippen LogP contribution is 2.14. The van der Waals surface area contributed by atoms with Crippen molar-refractivity contribution in [1.29, 1.82) is 0 Å². The molecule has 0 saturated heterocycles. The molecule has 0 fully saturated rings. The van der Waals surface area contributed by atoms with Crippen molar-refractivity contribution < 1.29 is 9.90 Å². The fraction of sp³-hybridized carbons (Fsp3) is 0.167. The monoisotopic (exact) mass is 231 g/mol. The first-order chi connectivity index (χ1) is 8.16. The molecule has 0 atom stereocenters. The number of rotatable bonds is 4. The van der Waals surface area contributed by atoms with E-state index in [1.807, 2.05) is 30.3 Å². The molecule has 0 saturated carbocycles. The predicted octanol–water partition coefficient (Wildman–Crippen LogP) is 1.73. The number of nitrogens with zero attached hydrogens (tertiary/aromatic N) is 2. The molecule has 1 aromatic heterocycles. The summed E-state index contributed by atoms with van der Waals surface area (Å²) in [4.78, 5) is 10.9. The van der Waals surface area contributed by atoms with E-state index in [1.54, 1.807) is 13.2 Å². The van der Waals surface area contributed by atoms with Gasteiger partial charge in [0.15, 0.2) is 5.69 Å². The second-order valence-corrected chi connectivity index (χ2v) is 3.71. The standard InChI is InChI=1S/C12H13N3O2/c1-15-8-10(11(14-15)12(16)17)13-7-9-5-3-2-4-6-9/h2-6,8,13H,7H2,1H3,(H,16,17). The molecule has 17 heavy (non-hydrogen) atoms. The van der Waals surface area contributed by atoms with Crippen LogP contribution in [0.4, 0.5) is 5.69 Å². The van der Waals surface area contributed by atoms with Crippen molar-refractivity contribution in [3.63, 3.8) is 0 Å². The quantitative estimate of drug-likeness (QED) is 0.841. The van der Waals surface area contributed by atoms with Crippen molar-refractivity contribution >= 4 is 11.7 Å². The summed E-state index contributed by atoms with van der Waals surface area (Å²) >= 11 is 0. The molecule has 0 aliphatic carbocycles. The topological polar surface area (TPSA) is 67.2 Å². The molecule has 0 amide bonds. The third kappa shape index (κ3) is 2.63. The van der Waals surface area contributed by atoms with Crippen LogP contribution >= 0.6 is 0 Å². The smallest absolute Gasteiger partial charge is 0.358 e. The zero-order valence-electron chi connectivity index (χ0n) is 9.42. The molecule has 0 radical (unpaired) electrons. The van der Waals surface area contributed by atoms with E-state index in [2.05, 4.69) is 10.4 Å². The van der Waals surface area contributed by atoms with Crippen LogP contribution in [0.15, 0.2) is 36.5 Å². The van der Waals surface area contributed by atoms with Gasteiger partial charge in [0.1, 0.15) is 0 Å². The number of carbonyl (C=O) groups is 1. The molecule has 0 aliphatic heterocycles. The Kier molecular flexibility index (Phi) is 3.09. The van der Waals surface area contributed by atoms with Crippen LogP contribution in [0.3, 0.4) is 0 Å². The first-order valence-electron chi connectivity index (χ1n) is 5.21. The van der Waals surface area contributed by atoms with Crippen molar-refractivity contribution in [1.82, 2.24) is 9.78 Å². The first kappa shape index (κ1) is 11.2. The summed E-state index contributed by atoms with van der Waals surface area (Å²) in [6.07, 6.45) is 1.66. The van der Waals surface area contributed by atoms with Crippen LogP contribution in [0.2, 0.25) is 0 Å². The Morgan fingerprint density at radius 1 is 1.41 bits per heavy atom. The molecule has 5 heteroatoms. The van der Waals surface area contributed by atoms with E-state index >= 15 is 0 Å². The van der Waals surface area contributed by atoms with Crippen LogP contribution in [-0.2, 0) is 13.6 Å². The van der Waals surface area contributed by atoms with Crippen LogP contribution in [0, 0.1) is 0 Å². The minimum atomic E-state index is -1.03. The summed E-state index contributed by atoms with van der Waals surface area (Å²) in [5.74, 6) is -1.03. The summed E-state index contributed by atoms with van der Waals surface area (Å²) in [7, 11) is 1.69. The van der Waals surface area contributed by atoms with E-state index in [-0.39, 0.29) is 5.69 Å². The number of aromatic carboxylic acids is 1. The number of aromatic nitrogens is 2. The molecule has 1 heterocycles. The molecule has 2 N–H and O–H groups in total. The van der Waals surface area contributed by atoms with Crippen LogP contribution in [-0.4, -0.2) is 20.9 Å². The molecule has 5 nitrogen and oxygen atoms in total. The largest absolute Gasteiger partial charge is 0.476 e. The summed E-state index contributed by atoms with van der Waals surface area (Å²) in [5, 5.41) is 15.9. The van der Waals surface area contributed by atoms with Crippen molar-refractivity contribution in [2.45, 2.75) is 6.54 Å². The number of carboxylic acid groups (broad SMARTS) is 1. The average Bonchev–Trinajstić information content (AvgIpc) is 2.69. The van der Waals surface area contributed by atoms with Gasteiger partial charge in [-0.15, -0.1) is 0 Å². The maximum Gasteiger partial charge on any atom is 0.358 e. The van der Waals surface area contributed by atoms with Gasteiger partial charge in [-0.2, -0.15) is 5.10 Å². The zero-order chi connectivity index (χ0) is 12.3. The zero-order valence-corrected chi connectivity index (χ0v) is 9.42. The van der Waals surface area contributed by atoms with E-state index < -0.39 is 5.97 Å². The number of nitrogens with one attached hydrogen (secondary N) is 1. The normalized spacial score (nSPS) is 10.2. The van der Waals surface area contributed by atoms with Crippen LogP contribution in [0.5, 0.6) is 0 Å². The maximum absolute atomic E-state index is 10.9. The highest BCUT2D eigenvalue weighted by atomic mass is 16.4. The fourth-order valence-corrected chi connectivity index (χ4v) is 1.57. The van der Waals surface area contributed by atoms with E-state index in [4.69, 9.17) is 5.11 Å². The number of hydrogen-bond donors (Lipinski definition) is 2. The number of hydrogen-bond acceptors (Lipinski definition) is 3. The number of carboxylic acids is 1. The molecular formula is C12H13N3O2. The van der Waals surface area contributed by atoms with E-state index in [9.17, 15) is 4.79 Å². The summed E-state index contributed by atoms with van der Waals surface area (Å²) in [6.45, 7) is 0.576. The van der Waals surface area contributed by atoms with Gasteiger partial charge in [-0.3, -0.25) is 4.68 Å². The molecule has 2 rings (SSSR count). The summed E-state index contributed by atoms with van der Waals surface area (Å²) < 4.78 is 1.48. The Morgan fingerprint density at radius 3 is 2.76 bits per heavy atom. The van der Waals surface area contributed by atoms with Gasteiger partial charge in [0, 0.05) is 19.8 Å². The SMILES string of the molecule is Cn1cc(NCc2ccccc2)c(C(=O)O)n1. The molecule has 2 aromatic rings. The third-order valence-electron chi connectivity index (χ3n) is 2.36. The maximum atomic E-state index is 10.9. The lowest BCUT2D eigenvalue weighted by molar-refractivity contribution is 0.0690. The van der Waals surface area contributed by atoms with Gasteiger partial charge in [0.05, 0.1) is 5.69 Å². The van der Waals surface area contributed by atoms with Crippen molar-refractivity contribution in [2.75, 3.05) is 5.32 Å². The van der Waals surface area contributed by atoms with Gasteiger partial charge >= 0.3 is 5.97 Å². The van der Waals surface area contributed by atoms with Crippen molar-refractivity contribution in [3.8, 4) is 0 Å². The molecule has 0 bridgehead atoms. The van der Waals surface area contributed by atoms with E-state index in [0.29, 0.717) is 12.2 Å². The molecule has 0 spiro atoms. The molecule has 1 aromatic carbocycles. The Morgan fingerprint density at radius 2 is 2.12 bits per heavy atom. The van der Waals surface area contributed by atoms with Gasteiger partial charge in [-0.25, -0.2) is 4.79 Å². The third-order valence-corrected chi connectivity index (χ3v) is 2.36. The van der Waals surface area contributed by atoms with Gasteiger partial charge in [-0.1, -0.05) is 30.3 Å². The Hall–Kier alpha value is -2.30. The second kappa shape index (κ2) is 4.69. The van der Waals surface area contributed by atoms with Crippen LogP contribution < -0.4 is 5.32 Å². The average molecular weight is 231 g/mol. The predicted molar refractivity (Wildman–Crippen MR) is 63.9 cm³/mol. The van der Waals surface area contributed by atoms with Crippen molar-refractivity contribution in [3.05, 3.63) is 47.8 Å². The molecule has 0 unspecified atom stereocenters. The minimum Gasteiger partial charge on any atom is -0.476 e. The number of aryl methyl sites for hydroxylation is 1. The lowest BCUT2D eigenvalue weighted by Crippen LogP contribution is -2.05. The van der Waals surface area contributed by atoms with Gasteiger partial charge in [-0.05, 0) is 5.56 Å². The lowest BCUT2D eigenvalue weighted by Gasteiger charge is -2.04. The van der Waals surface area contributed by atoms with Gasteiger partial charge in [0.25, 0.3) is 0 Å². The van der Waals surface area contributed by atoms with Crippen LogP contribution in [0.1, 0.15) is 16.1 Å². The van der Waals surface area contributed by atoms with Gasteiger partial charge in [0.2, 0.25) is 0 Å². The molecular weight excluding hydrogens is 218 g/mol. The van der Waals surface area contributed by atoms with Crippen LogP contribution in [0.25, 0.3) is 0 Å². The lowest BCUT2D eigenvalue weighted by atomic mass is 10.2. The molecule has 88 valence electrons. The Bertz CT molecular complexity index is 520. The molecule has 0 aliphatic rings. The number of benzene rings is 1. The minimum absolute atomic E-state index is 0.0448. The highest BCUT2D eigenvalue weighted by molar-refractivity contribution is 5.91. The first-order valence-corrected chi connectivity index (χ1v) is 5.21.